The van der Waals surface area contributed by atoms with Gasteiger partial charge in [0.1, 0.15) is 0 Å². The van der Waals surface area contributed by atoms with Crippen LogP contribution in [0.5, 0.6) is 0 Å². The molecule has 0 aliphatic rings. The molecule has 0 heterocycles. The van der Waals surface area contributed by atoms with Crippen LogP contribution in [0.15, 0.2) is 0 Å². The number of hydrogen-bond donors (Lipinski definition) is 0. The molecule has 0 aliphatic carbocycles. The summed E-state index contributed by atoms with van der Waals surface area (Å²) in [5, 5.41) is 0. The maximum Gasteiger partial charge on any atom is 3.00 e. The van der Waals surface area contributed by atoms with Crippen LogP contribution in [0.25, 0.3) is 0 Å². The first kappa shape index (κ1) is 31.3. The molecule has 0 amide bonds. The molecule has 0 bridgehead atoms. The Hall–Kier alpha value is 1.52. The second-order valence-corrected chi connectivity index (χ2v) is 14.9. The molecule has 22 heteroatoms. The fraction of sp³-hybridized carbons (Fsp3) is 0. The smallest absolute Gasteiger partial charge is 3.00 e. The number of rotatable bonds is 0. The van der Waals surface area contributed by atoms with E-state index in [0.717, 1.165) is 0 Å². The second kappa shape index (κ2) is 4.82. The van der Waals surface area contributed by atoms with E-state index in [1.807, 2.05) is 0 Å². The van der Waals surface area contributed by atoms with Crippen molar-refractivity contribution in [2.75, 3.05) is 0 Å². The number of halogens is 18. The molecule has 0 saturated heterocycles. The van der Waals surface area contributed by atoms with Crippen molar-refractivity contribution in [3.05, 3.63) is 0 Å². The molecule has 144 valence electrons. The van der Waals surface area contributed by atoms with Gasteiger partial charge < -0.3 is 0 Å². The van der Waals surface area contributed by atoms with E-state index in [4.69, 9.17) is 0 Å². The first-order valence-corrected chi connectivity index (χ1v) is 15.8. The molecule has 0 aromatic carbocycles. The summed E-state index contributed by atoms with van der Waals surface area (Å²) in [4.78, 5) is 0. The van der Waals surface area contributed by atoms with E-state index in [1.165, 1.54) is 0 Å². The molecule has 0 nitrogen and oxygen atoms in total. The summed E-state index contributed by atoms with van der Waals surface area (Å²) in [5.41, 5.74) is 0. The van der Waals surface area contributed by atoms with Gasteiger partial charge in [-0.25, -0.2) is 0 Å². The Balaban J connectivity index is -0.000000108. The van der Waals surface area contributed by atoms with Gasteiger partial charge in [0.05, 0.1) is 0 Å². The van der Waals surface area contributed by atoms with Gasteiger partial charge in [0, 0.05) is 0 Å². The molecule has 0 radical (unpaired) electrons. The van der Waals surface area contributed by atoms with Gasteiger partial charge in [-0.15, -0.1) is 0 Å². The third-order valence-corrected chi connectivity index (χ3v) is 0. The van der Waals surface area contributed by atoms with E-state index in [0.29, 0.717) is 0 Å². The average Bonchev–Trinajstić information content (AvgIpc) is 1.19. The van der Waals surface area contributed by atoms with Crippen molar-refractivity contribution >= 4 is 42.5 Å². The molecule has 0 aromatic heterocycles. The van der Waals surface area contributed by atoms with Crippen LogP contribution in [0.4, 0.5) is 62.4 Å². The molecule has 0 N–H and O–H groups in total. The topological polar surface area (TPSA) is 0 Å². The van der Waals surface area contributed by atoms with E-state index < -0.39 is 42.5 Å². The largest absolute Gasteiger partial charge is 3.00 e. The van der Waals surface area contributed by atoms with Crippen LogP contribution in [0.2, 0.25) is 0 Å². The van der Waals surface area contributed by atoms with Crippen LogP contribution in [-0.4, -0.2) is 42.5 Å². The van der Waals surface area contributed by atoms with Gasteiger partial charge in [0.15, 0.2) is 0 Å². The minimum atomic E-state index is -11.1. The van der Waals surface area contributed by atoms with Crippen LogP contribution < -0.4 is 0 Å². The van der Waals surface area contributed by atoms with E-state index >= 15 is 0 Å². The summed E-state index contributed by atoms with van der Waals surface area (Å²) < 4.78 is 178. The Morgan fingerprint density at radius 2 is 0.227 bits per heavy atom. The molecule has 0 rings (SSSR count). The first-order chi connectivity index (χ1) is 7.35. The van der Waals surface area contributed by atoms with Crippen molar-refractivity contribution < 1.29 is 95.1 Å². The van der Waals surface area contributed by atoms with Gasteiger partial charge >= 0.3 is 138 Å². The van der Waals surface area contributed by atoms with Gasteiger partial charge in [0.25, 0.3) is 0 Å². The molecule has 0 aromatic rings. The van der Waals surface area contributed by atoms with Crippen LogP contribution in [0.3, 0.4) is 0 Å². The standard InChI is InChI=1S/3AsF6.Y/c3*2-1(3,4,5,6)7;/q3*-1;+3. The molecule has 0 spiro atoms. The predicted molar refractivity (Wildman–Crippen MR) is 37.2 cm³/mol. The maximum atomic E-state index is 9.91. The molecule has 0 saturated carbocycles. The van der Waals surface area contributed by atoms with Crippen LogP contribution in [0, 0.1) is 0 Å². The van der Waals surface area contributed by atoms with Crippen molar-refractivity contribution in [2.45, 2.75) is 0 Å². The zero-order valence-corrected chi connectivity index (χ0v) is 17.2. The van der Waals surface area contributed by atoms with Crippen LogP contribution in [-0.2, 0) is 32.7 Å². The molecular formula is As3F18Y. The van der Waals surface area contributed by atoms with Crippen molar-refractivity contribution in [1.29, 1.82) is 0 Å². The summed E-state index contributed by atoms with van der Waals surface area (Å²) in [6, 6.07) is 0. The monoisotopic (exact) mass is 656 g/mol. The fourth-order valence-corrected chi connectivity index (χ4v) is 0. The quantitative estimate of drug-likeness (QED) is 0.209. The van der Waals surface area contributed by atoms with Crippen molar-refractivity contribution in [3.63, 3.8) is 0 Å². The van der Waals surface area contributed by atoms with Crippen LogP contribution >= 0.6 is 0 Å². The third kappa shape index (κ3) is 3930. The van der Waals surface area contributed by atoms with Gasteiger partial charge in [0.2, 0.25) is 0 Å². The maximum absolute atomic E-state index is 11.1. The fourth-order valence-electron chi connectivity index (χ4n) is 0. The van der Waals surface area contributed by atoms with Gasteiger partial charge in [-0.1, -0.05) is 0 Å². The minimum Gasteiger partial charge on any atom is 3.00 e. The third-order valence-electron chi connectivity index (χ3n) is 0. The Kier molecular flexibility index (Phi) is 6.86. The van der Waals surface area contributed by atoms with Crippen LogP contribution in [0.1, 0.15) is 0 Å². The first-order valence-electron chi connectivity index (χ1n) is 3.04. The molecule has 0 fully saturated rings. The van der Waals surface area contributed by atoms with Gasteiger partial charge in [-0.2, -0.15) is 0 Å². The molecular weight excluding hydrogens is 656 g/mol. The summed E-state index contributed by atoms with van der Waals surface area (Å²) in [7, 11) is 0. The van der Waals surface area contributed by atoms with Crippen molar-refractivity contribution in [3.8, 4) is 0 Å². The second-order valence-electron chi connectivity index (χ2n) is 2.87. The average molecular weight is 656 g/mol. The van der Waals surface area contributed by atoms with E-state index in [2.05, 4.69) is 0 Å². The predicted octanol–water partition coefficient (Wildman–Crippen LogP) is 6.42. The SMILES string of the molecule is F[As-](F)(F)(F)(F)F.F[As-](F)(F)(F)(F)F.F[As-](F)(F)(F)(F)F.[Y+3]. The van der Waals surface area contributed by atoms with Crippen molar-refractivity contribution in [1.82, 2.24) is 0 Å². The normalized spacial score (nSPS) is 22.1. The summed E-state index contributed by atoms with van der Waals surface area (Å²) >= 11 is -33.2. The van der Waals surface area contributed by atoms with E-state index in [1.54, 1.807) is 0 Å². The Morgan fingerprint density at radius 3 is 0.227 bits per heavy atom. The number of hydrogen-bond acceptors (Lipinski definition) is 0. The van der Waals surface area contributed by atoms with Gasteiger partial charge in [-0.05, 0) is 0 Å². The zero-order valence-electron chi connectivity index (χ0n) is 8.72. The van der Waals surface area contributed by atoms with E-state index in [9.17, 15) is 62.4 Å². The summed E-state index contributed by atoms with van der Waals surface area (Å²) in [5.74, 6) is 0. The summed E-state index contributed by atoms with van der Waals surface area (Å²) in [6.45, 7) is 0. The zero-order chi connectivity index (χ0) is 19.2. The Bertz CT molecular complexity index is 265. The Morgan fingerprint density at radius 1 is 0.227 bits per heavy atom. The van der Waals surface area contributed by atoms with Crippen molar-refractivity contribution in [2.24, 2.45) is 0 Å². The molecule has 0 unspecified atom stereocenters. The minimum absolute atomic E-state index is 0. The molecule has 0 atom stereocenters. The molecule has 0 aliphatic heterocycles. The Labute approximate surface area is 137 Å². The summed E-state index contributed by atoms with van der Waals surface area (Å²) in [6.07, 6.45) is 0. The van der Waals surface area contributed by atoms with Gasteiger partial charge in [-0.3, -0.25) is 0 Å². The molecule has 22 heavy (non-hydrogen) atoms. The van der Waals surface area contributed by atoms with E-state index in [-0.39, 0.29) is 32.7 Å².